The molecule has 0 aliphatic rings. The van der Waals surface area contributed by atoms with Crippen molar-refractivity contribution < 1.29 is 4.74 Å². The van der Waals surface area contributed by atoms with Gasteiger partial charge in [-0.1, -0.05) is 24.9 Å². The Bertz CT molecular complexity index is 607. The molecule has 0 spiro atoms. The number of rotatable bonds is 5. The second-order valence-electron chi connectivity index (χ2n) is 4.22. The summed E-state index contributed by atoms with van der Waals surface area (Å²) in [6, 6.07) is 5.74. The first-order chi connectivity index (χ1) is 9.65. The van der Waals surface area contributed by atoms with E-state index in [1.807, 2.05) is 18.2 Å². The molecule has 2 rings (SSSR count). The van der Waals surface area contributed by atoms with Gasteiger partial charge in [-0.3, -0.25) is 0 Å². The molecule has 0 bridgehead atoms. The summed E-state index contributed by atoms with van der Waals surface area (Å²) in [4.78, 5) is 8.30. The number of halogens is 2. The average Bonchev–Trinajstić information content (AvgIpc) is 2.43. The van der Waals surface area contributed by atoms with E-state index in [2.05, 4.69) is 38.1 Å². The molecule has 0 fully saturated rings. The van der Waals surface area contributed by atoms with Gasteiger partial charge in [0.25, 0.3) is 0 Å². The summed E-state index contributed by atoms with van der Waals surface area (Å²) < 4.78 is 6.09. The van der Waals surface area contributed by atoms with Gasteiger partial charge in [-0.05, 0) is 40.5 Å². The molecular formula is C14H15BrClN3O. The summed E-state index contributed by atoms with van der Waals surface area (Å²) in [5.74, 6) is 1.52. The van der Waals surface area contributed by atoms with Crippen molar-refractivity contribution in [2.24, 2.45) is 0 Å². The van der Waals surface area contributed by atoms with Gasteiger partial charge in [0.1, 0.15) is 23.0 Å². The van der Waals surface area contributed by atoms with Crippen LogP contribution in [0.1, 0.15) is 18.9 Å². The summed E-state index contributed by atoms with van der Waals surface area (Å²) in [5, 5.41) is 3.77. The van der Waals surface area contributed by atoms with E-state index in [-0.39, 0.29) is 0 Å². The van der Waals surface area contributed by atoms with Crippen LogP contribution in [0.4, 0.5) is 11.5 Å². The number of benzene rings is 1. The van der Waals surface area contributed by atoms with Gasteiger partial charge >= 0.3 is 0 Å². The second-order valence-corrected chi connectivity index (χ2v) is 5.43. The predicted molar refractivity (Wildman–Crippen MR) is 85.0 cm³/mol. The zero-order chi connectivity index (χ0) is 14.5. The fourth-order valence-corrected chi connectivity index (χ4v) is 2.62. The number of nitrogens with zero attached hydrogens (tertiary/aromatic N) is 2. The van der Waals surface area contributed by atoms with Crippen LogP contribution in [0.15, 0.2) is 29.0 Å². The van der Waals surface area contributed by atoms with Crippen LogP contribution in [0.25, 0.3) is 0 Å². The maximum Gasteiger partial charge on any atom is 0.138 e. The highest BCUT2D eigenvalue weighted by Gasteiger charge is 2.10. The van der Waals surface area contributed by atoms with Gasteiger partial charge in [-0.15, -0.1) is 0 Å². The Morgan fingerprint density at radius 1 is 1.35 bits per heavy atom. The molecular weight excluding hydrogens is 342 g/mol. The third-order valence-corrected chi connectivity index (χ3v) is 3.75. The molecule has 0 amide bonds. The minimum absolute atomic E-state index is 0.497. The quantitative estimate of drug-likeness (QED) is 0.796. The summed E-state index contributed by atoms with van der Waals surface area (Å²) in [6.07, 6.45) is 3.27. The number of hydrogen-bond acceptors (Lipinski definition) is 4. The monoisotopic (exact) mass is 355 g/mol. The fraction of sp³-hybridized carbons (Fsp3) is 0.286. The highest BCUT2D eigenvalue weighted by molar-refractivity contribution is 9.10. The third kappa shape index (κ3) is 3.41. The van der Waals surface area contributed by atoms with Gasteiger partial charge in [0.15, 0.2) is 0 Å². The van der Waals surface area contributed by atoms with Gasteiger partial charge in [0.2, 0.25) is 0 Å². The summed E-state index contributed by atoms with van der Waals surface area (Å²) in [6.45, 7) is 2.09. The Hall–Kier alpha value is -1.33. The SMILES string of the molecule is CCCc1c(Cl)ncnc1Nc1ccc(OC)c(Br)c1. The number of nitrogens with one attached hydrogen (secondary N) is 1. The first kappa shape index (κ1) is 15.1. The molecule has 0 unspecified atom stereocenters. The average molecular weight is 357 g/mol. The van der Waals surface area contributed by atoms with Crippen LogP contribution in [0.2, 0.25) is 5.15 Å². The molecule has 0 saturated heterocycles. The van der Waals surface area contributed by atoms with Gasteiger partial charge in [0.05, 0.1) is 11.6 Å². The Kier molecular flexibility index (Phi) is 5.20. The van der Waals surface area contributed by atoms with Crippen LogP contribution in [-0.4, -0.2) is 17.1 Å². The maximum atomic E-state index is 6.13. The van der Waals surface area contributed by atoms with Crippen molar-refractivity contribution in [3.63, 3.8) is 0 Å². The lowest BCUT2D eigenvalue weighted by Crippen LogP contribution is -2.01. The zero-order valence-corrected chi connectivity index (χ0v) is 13.6. The number of ether oxygens (including phenoxy) is 1. The molecule has 0 radical (unpaired) electrons. The molecule has 2 aromatic rings. The van der Waals surface area contributed by atoms with Crippen LogP contribution >= 0.6 is 27.5 Å². The molecule has 1 heterocycles. The molecule has 1 N–H and O–H groups in total. The second kappa shape index (κ2) is 6.90. The van der Waals surface area contributed by atoms with Crippen LogP contribution in [-0.2, 0) is 6.42 Å². The first-order valence-electron chi connectivity index (χ1n) is 6.25. The van der Waals surface area contributed by atoms with E-state index in [1.165, 1.54) is 6.33 Å². The van der Waals surface area contributed by atoms with E-state index in [1.54, 1.807) is 7.11 Å². The molecule has 0 aliphatic heterocycles. The van der Waals surface area contributed by atoms with Crippen LogP contribution in [0.5, 0.6) is 5.75 Å². The molecule has 106 valence electrons. The number of methoxy groups -OCH3 is 1. The molecule has 20 heavy (non-hydrogen) atoms. The van der Waals surface area contributed by atoms with E-state index >= 15 is 0 Å². The van der Waals surface area contributed by atoms with E-state index in [0.717, 1.165) is 40.1 Å². The van der Waals surface area contributed by atoms with E-state index < -0.39 is 0 Å². The summed E-state index contributed by atoms with van der Waals surface area (Å²) in [7, 11) is 1.64. The molecule has 4 nitrogen and oxygen atoms in total. The highest BCUT2D eigenvalue weighted by Crippen LogP contribution is 2.30. The van der Waals surface area contributed by atoms with Crippen LogP contribution < -0.4 is 10.1 Å². The Labute approximate surface area is 131 Å². The minimum atomic E-state index is 0.497. The molecule has 0 aliphatic carbocycles. The van der Waals surface area contributed by atoms with Crippen molar-refractivity contribution in [1.82, 2.24) is 9.97 Å². The zero-order valence-electron chi connectivity index (χ0n) is 11.3. The molecule has 6 heteroatoms. The third-order valence-electron chi connectivity index (χ3n) is 2.81. The standard InChI is InChI=1S/C14H15BrClN3O/c1-3-4-10-13(16)17-8-18-14(10)19-9-5-6-12(20-2)11(15)7-9/h5-8H,3-4H2,1-2H3,(H,17,18,19). The Morgan fingerprint density at radius 3 is 2.80 bits per heavy atom. The lowest BCUT2D eigenvalue weighted by Gasteiger charge is -2.12. The minimum Gasteiger partial charge on any atom is -0.496 e. The van der Waals surface area contributed by atoms with Gasteiger partial charge in [0, 0.05) is 11.3 Å². The van der Waals surface area contributed by atoms with Gasteiger partial charge in [-0.2, -0.15) is 0 Å². The van der Waals surface area contributed by atoms with Crippen LogP contribution in [0, 0.1) is 0 Å². The fourth-order valence-electron chi connectivity index (χ4n) is 1.85. The van der Waals surface area contributed by atoms with Crippen molar-refractivity contribution in [1.29, 1.82) is 0 Å². The van der Waals surface area contributed by atoms with Crippen molar-refractivity contribution in [3.8, 4) is 5.75 Å². The Morgan fingerprint density at radius 2 is 2.15 bits per heavy atom. The summed E-state index contributed by atoms with van der Waals surface area (Å²) >= 11 is 9.59. The van der Waals surface area contributed by atoms with E-state index in [4.69, 9.17) is 16.3 Å². The summed E-state index contributed by atoms with van der Waals surface area (Å²) in [5.41, 5.74) is 1.84. The smallest absolute Gasteiger partial charge is 0.138 e. The largest absolute Gasteiger partial charge is 0.496 e. The lowest BCUT2D eigenvalue weighted by molar-refractivity contribution is 0.412. The van der Waals surface area contributed by atoms with Gasteiger partial charge < -0.3 is 10.1 Å². The molecule has 0 atom stereocenters. The lowest BCUT2D eigenvalue weighted by atomic mass is 10.2. The Balaban J connectivity index is 2.30. The predicted octanol–water partition coefficient (Wildman–Crippen LogP) is 4.60. The van der Waals surface area contributed by atoms with Crippen molar-refractivity contribution in [2.75, 3.05) is 12.4 Å². The van der Waals surface area contributed by atoms with Crippen LogP contribution in [0.3, 0.4) is 0 Å². The normalized spacial score (nSPS) is 10.4. The van der Waals surface area contributed by atoms with E-state index in [9.17, 15) is 0 Å². The first-order valence-corrected chi connectivity index (χ1v) is 7.42. The molecule has 1 aromatic carbocycles. The number of aromatic nitrogens is 2. The van der Waals surface area contributed by atoms with Crippen molar-refractivity contribution in [3.05, 3.63) is 39.7 Å². The number of hydrogen-bond donors (Lipinski definition) is 1. The maximum absolute atomic E-state index is 6.13. The van der Waals surface area contributed by atoms with Gasteiger partial charge in [-0.25, -0.2) is 9.97 Å². The highest BCUT2D eigenvalue weighted by atomic mass is 79.9. The topological polar surface area (TPSA) is 47.0 Å². The molecule has 1 aromatic heterocycles. The van der Waals surface area contributed by atoms with Crippen molar-refractivity contribution in [2.45, 2.75) is 19.8 Å². The molecule has 0 saturated carbocycles. The number of anilines is 2. The van der Waals surface area contributed by atoms with Crippen molar-refractivity contribution >= 4 is 39.0 Å². The van der Waals surface area contributed by atoms with E-state index in [0.29, 0.717) is 5.15 Å².